The Morgan fingerprint density at radius 1 is 1.06 bits per heavy atom. The molecule has 1 aromatic rings. The molecule has 0 aromatic heterocycles. The van der Waals surface area contributed by atoms with Gasteiger partial charge >= 0.3 is 0 Å². The summed E-state index contributed by atoms with van der Waals surface area (Å²) in [4.78, 5) is 0. The van der Waals surface area contributed by atoms with Crippen LogP contribution in [0.25, 0.3) is 0 Å². The fraction of sp³-hybridized carbons (Fsp3) is 0.538. The van der Waals surface area contributed by atoms with Crippen molar-refractivity contribution in [3.63, 3.8) is 0 Å². The smallest absolute Gasteiger partial charge is 0.119 e. The largest absolute Gasteiger partial charge is 0.497 e. The first-order valence-electron chi connectivity index (χ1n) is 6.03. The Hall–Kier alpha value is -0.995. The van der Waals surface area contributed by atoms with Crippen LogP contribution in [0.3, 0.4) is 0 Å². The molecule has 0 aliphatic heterocycles. The van der Waals surface area contributed by atoms with Crippen molar-refractivity contribution < 1.29 is 14.2 Å². The quantitative estimate of drug-likeness (QED) is 0.504. The summed E-state index contributed by atoms with van der Waals surface area (Å²) >= 11 is 0. The van der Waals surface area contributed by atoms with Gasteiger partial charge in [0.2, 0.25) is 0 Å². The maximum atomic E-state index is 5.59. The molecule has 0 spiro atoms. The van der Waals surface area contributed by atoms with Crippen LogP contribution in [-0.2, 0) is 22.4 Å². The molecule has 0 aliphatic rings. The Kier molecular flexibility index (Phi) is 6.74. The molecule has 0 unspecified atom stereocenters. The molecule has 0 aliphatic carbocycles. The summed E-state index contributed by atoms with van der Waals surface area (Å²) < 4.78 is 15.8. The van der Waals surface area contributed by atoms with Gasteiger partial charge in [0.15, 0.2) is 0 Å². The van der Waals surface area contributed by atoms with E-state index in [-0.39, 0.29) is 0 Å². The predicted octanol–water partition coefficient (Wildman–Crippen LogP) is 1.38. The van der Waals surface area contributed by atoms with Crippen molar-refractivity contribution >= 4 is 7.85 Å². The fourth-order valence-electron chi connectivity index (χ4n) is 1.63. The van der Waals surface area contributed by atoms with Crippen molar-refractivity contribution in [2.24, 2.45) is 0 Å². The zero-order chi connectivity index (χ0) is 12.5. The van der Waals surface area contributed by atoms with Gasteiger partial charge in [-0.2, -0.15) is 0 Å². The van der Waals surface area contributed by atoms with E-state index in [0.717, 1.165) is 31.7 Å². The highest BCUT2D eigenvalue weighted by Gasteiger charge is 2.00. The van der Waals surface area contributed by atoms with E-state index in [0.29, 0.717) is 6.61 Å². The lowest BCUT2D eigenvalue weighted by Crippen LogP contribution is -2.00. The summed E-state index contributed by atoms with van der Waals surface area (Å²) in [5.41, 5.74) is 2.44. The van der Waals surface area contributed by atoms with Gasteiger partial charge in [0.1, 0.15) is 13.6 Å². The van der Waals surface area contributed by atoms with E-state index < -0.39 is 0 Å². The van der Waals surface area contributed by atoms with Crippen molar-refractivity contribution in [1.29, 1.82) is 0 Å². The third-order valence-corrected chi connectivity index (χ3v) is 2.58. The molecule has 0 saturated heterocycles. The highest BCUT2D eigenvalue weighted by atomic mass is 16.5. The number of methoxy groups -OCH3 is 2. The third-order valence-electron chi connectivity index (χ3n) is 2.58. The highest BCUT2D eigenvalue weighted by Crippen LogP contribution is 2.17. The minimum atomic E-state index is 0.633. The second-order valence-corrected chi connectivity index (χ2v) is 3.94. The van der Waals surface area contributed by atoms with E-state index >= 15 is 0 Å². The van der Waals surface area contributed by atoms with Gasteiger partial charge < -0.3 is 14.2 Å². The van der Waals surface area contributed by atoms with Crippen LogP contribution in [0.15, 0.2) is 18.2 Å². The SMILES string of the molecule is BCc1cc(COCCCOC)cc(OC)c1. The molecule has 1 rings (SSSR count). The molecule has 0 fully saturated rings. The first-order chi connectivity index (χ1) is 8.30. The molecule has 0 heterocycles. The van der Waals surface area contributed by atoms with Crippen LogP contribution in [0, 0.1) is 0 Å². The van der Waals surface area contributed by atoms with Crippen LogP contribution in [0.1, 0.15) is 17.5 Å². The molecular weight excluding hydrogens is 215 g/mol. The molecule has 0 N–H and O–H groups in total. The van der Waals surface area contributed by atoms with Crippen LogP contribution in [0.4, 0.5) is 0 Å². The van der Waals surface area contributed by atoms with Gasteiger partial charge in [-0.25, -0.2) is 0 Å². The average molecular weight is 236 g/mol. The molecule has 0 amide bonds. The lowest BCUT2D eigenvalue weighted by atomic mass is 9.95. The molecule has 0 atom stereocenters. The van der Waals surface area contributed by atoms with Gasteiger partial charge in [0, 0.05) is 20.3 Å². The Bertz CT molecular complexity index is 306. The molecule has 3 nitrogen and oxygen atoms in total. The predicted molar refractivity (Wildman–Crippen MR) is 71.4 cm³/mol. The van der Waals surface area contributed by atoms with E-state index in [9.17, 15) is 0 Å². The molecule has 17 heavy (non-hydrogen) atoms. The maximum Gasteiger partial charge on any atom is 0.119 e. The zero-order valence-electron chi connectivity index (χ0n) is 11.0. The third kappa shape index (κ3) is 5.24. The van der Waals surface area contributed by atoms with Gasteiger partial charge in [0.25, 0.3) is 0 Å². The maximum absolute atomic E-state index is 5.59. The van der Waals surface area contributed by atoms with E-state index in [1.54, 1.807) is 14.2 Å². The van der Waals surface area contributed by atoms with Crippen LogP contribution in [0.5, 0.6) is 5.75 Å². The molecule has 0 saturated carbocycles. The summed E-state index contributed by atoms with van der Waals surface area (Å²) in [6, 6.07) is 6.25. The van der Waals surface area contributed by atoms with Crippen molar-refractivity contribution in [2.45, 2.75) is 19.3 Å². The summed E-state index contributed by atoms with van der Waals surface area (Å²) in [6.45, 7) is 2.11. The van der Waals surface area contributed by atoms with E-state index in [4.69, 9.17) is 14.2 Å². The Labute approximate surface area is 104 Å². The number of rotatable bonds is 8. The molecule has 0 radical (unpaired) electrons. The van der Waals surface area contributed by atoms with E-state index in [1.807, 2.05) is 6.07 Å². The summed E-state index contributed by atoms with van der Waals surface area (Å²) in [7, 11) is 5.53. The van der Waals surface area contributed by atoms with Crippen molar-refractivity contribution in [2.75, 3.05) is 27.4 Å². The lowest BCUT2D eigenvalue weighted by Gasteiger charge is -2.09. The topological polar surface area (TPSA) is 27.7 Å². The monoisotopic (exact) mass is 236 g/mol. The van der Waals surface area contributed by atoms with Gasteiger partial charge in [0.05, 0.1) is 13.7 Å². The van der Waals surface area contributed by atoms with Crippen molar-refractivity contribution in [3.8, 4) is 5.75 Å². The normalized spacial score (nSPS) is 10.5. The number of hydrogen-bond acceptors (Lipinski definition) is 3. The molecule has 4 heteroatoms. The number of benzene rings is 1. The standard InChI is InChI=1S/C13H21BO3/c1-15-4-3-5-17-10-12-6-11(9-14)7-13(8-12)16-2/h6-8H,3-5,9-10,14H2,1-2H3. The lowest BCUT2D eigenvalue weighted by molar-refractivity contribution is 0.0927. The molecule has 0 bridgehead atoms. The highest BCUT2D eigenvalue weighted by molar-refractivity contribution is 6.08. The number of ether oxygens (including phenoxy) is 3. The van der Waals surface area contributed by atoms with Crippen LogP contribution >= 0.6 is 0 Å². The van der Waals surface area contributed by atoms with Crippen molar-refractivity contribution in [1.82, 2.24) is 0 Å². The summed E-state index contributed by atoms with van der Waals surface area (Å²) in [5, 5.41) is 0. The van der Waals surface area contributed by atoms with Crippen LogP contribution in [-0.4, -0.2) is 35.3 Å². The van der Waals surface area contributed by atoms with E-state index in [2.05, 4.69) is 20.0 Å². The summed E-state index contributed by atoms with van der Waals surface area (Å²) in [6.07, 6.45) is 1.94. The molecule has 94 valence electrons. The van der Waals surface area contributed by atoms with Gasteiger partial charge in [-0.3, -0.25) is 0 Å². The second-order valence-electron chi connectivity index (χ2n) is 3.94. The Morgan fingerprint density at radius 2 is 1.82 bits per heavy atom. The number of hydrogen-bond donors (Lipinski definition) is 0. The Balaban J connectivity index is 2.46. The second kappa shape index (κ2) is 8.15. The minimum Gasteiger partial charge on any atom is -0.497 e. The van der Waals surface area contributed by atoms with Crippen molar-refractivity contribution in [3.05, 3.63) is 29.3 Å². The minimum absolute atomic E-state index is 0.633. The molecular formula is C13H21BO3. The van der Waals surface area contributed by atoms with Gasteiger partial charge in [-0.15, -0.1) is 0 Å². The van der Waals surface area contributed by atoms with Crippen LogP contribution in [0.2, 0.25) is 0 Å². The first kappa shape index (κ1) is 14.1. The Morgan fingerprint density at radius 3 is 2.47 bits per heavy atom. The fourth-order valence-corrected chi connectivity index (χ4v) is 1.63. The van der Waals surface area contributed by atoms with Gasteiger partial charge in [-0.1, -0.05) is 17.9 Å². The van der Waals surface area contributed by atoms with Gasteiger partial charge in [-0.05, 0) is 24.1 Å². The van der Waals surface area contributed by atoms with Crippen LogP contribution < -0.4 is 4.74 Å². The summed E-state index contributed by atoms with van der Waals surface area (Å²) in [5.74, 6) is 0.903. The average Bonchev–Trinajstić information content (AvgIpc) is 2.38. The van der Waals surface area contributed by atoms with E-state index in [1.165, 1.54) is 11.1 Å². The zero-order valence-corrected chi connectivity index (χ0v) is 11.0. The molecule has 1 aromatic carbocycles. The first-order valence-corrected chi connectivity index (χ1v) is 6.03.